The fourth-order valence-electron chi connectivity index (χ4n) is 3.46. The Morgan fingerprint density at radius 2 is 2.00 bits per heavy atom. The first-order chi connectivity index (χ1) is 12.9. The van der Waals surface area contributed by atoms with Gasteiger partial charge in [0.15, 0.2) is 0 Å². The molecule has 0 spiro atoms. The van der Waals surface area contributed by atoms with Crippen LogP contribution >= 0.6 is 0 Å². The molecule has 2 heterocycles. The molecule has 1 aromatic heterocycles. The van der Waals surface area contributed by atoms with E-state index >= 15 is 0 Å². The Bertz CT molecular complexity index is 800. The van der Waals surface area contributed by atoms with Crippen LogP contribution in [0.4, 0.5) is 0 Å². The number of amides is 1. The van der Waals surface area contributed by atoms with E-state index < -0.39 is 5.97 Å². The van der Waals surface area contributed by atoms with Gasteiger partial charge in [-0.1, -0.05) is 35.0 Å². The van der Waals surface area contributed by atoms with Crippen molar-refractivity contribution in [3.8, 4) is 11.3 Å². The SMILES string of the molecule is Cc1ccc(-c2cc(C(=O)N3CCCC(N(C)CC(=O)O)CC3)on2)cc1. The molecule has 1 aromatic carbocycles. The molecule has 1 fully saturated rings. The van der Waals surface area contributed by atoms with Crippen molar-refractivity contribution in [3.63, 3.8) is 0 Å². The van der Waals surface area contributed by atoms with E-state index in [1.165, 1.54) is 0 Å². The molecule has 0 bridgehead atoms. The molecule has 0 saturated carbocycles. The summed E-state index contributed by atoms with van der Waals surface area (Å²) in [6.45, 7) is 3.24. The number of aromatic nitrogens is 1. The van der Waals surface area contributed by atoms with Crippen molar-refractivity contribution in [2.45, 2.75) is 32.2 Å². The zero-order chi connectivity index (χ0) is 19.4. The first kappa shape index (κ1) is 19.1. The predicted molar refractivity (Wildman–Crippen MR) is 100 cm³/mol. The van der Waals surface area contributed by atoms with Crippen LogP contribution in [0.1, 0.15) is 35.4 Å². The molecule has 144 valence electrons. The van der Waals surface area contributed by atoms with Crippen molar-refractivity contribution < 1.29 is 19.2 Å². The van der Waals surface area contributed by atoms with Gasteiger partial charge in [0.25, 0.3) is 5.91 Å². The van der Waals surface area contributed by atoms with Gasteiger partial charge in [0, 0.05) is 30.8 Å². The summed E-state index contributed by atoms with van der Waals surface area (Å²) < 4.78 is 5.30. The number of hydrogen-bond acceptors (Lipinski definition) is 5. The van der Waals surface area contributed by atoms with Gasteiger partial charge in [-0.3, -0.25) is 14.5 Å². The van der Waals surface area contributed by atoms with Gasteiger partial charge in [-0.25, -0.2) is 0 Å². The highest BCUT2D eigenvalue weighted by Crippen LogP contribution is 2.22. The number of rotatable bonds is 5. The third kappa shape index (κ3) is 4.74. The molecule has 0 aliphatic carbocycles. The van der Waals surface area contributed by atoms with E-state index in [1.807, 2.05) is 43.1 Å². The average Bonchev–Trinajstić information content (AvgIpc) is 2.98. The summed E-state index contributed by atoms with van der Waals surface area (Å²) in [6.07, 6.45) is 2.45. The number of aryl methyl sites for hydroxylation is 1. The third-order valence-corrected chi connectivity index (χ3v) is 5.06. The summed E-state index contributed by atoms with van der Waals surface area (Å²) in [6, 6.07) is 9.75. The Morgan fingerprint density at radius 1 is 1.26 bits per heavy atom. The van der Waals surface area contributed by atoms with Crippen molar-refractivity contribution >= 4 is 11.9 Å². The maximum Gasteiger partial charge on any atom is 0.317 e. The van der Waals surface area contributed by atoms with E-state index in [2.05, 4.69) is 5.16 Å². The highest BCUT2D eigenvalue weighted by molar-refractivity contribution is 5.92. The molecular formula is C20H25N3O4. The zero-order valence-electron chi connectivity index (χ0n) is 15.7. The molecule has 1 amide bonds. The number of carbonyl (C=O) groups is 2. The lowest BCUT2D eigenvalue weighted by Gasteiger charge is -2.25. The lowest BCUT2D eigenvalue weighted by Crippen LogP contribution is -2.37. The number of hydrogen-bond donors (Lipinski definition) is 1. The summed E-state index contributed by atoms with van der Waals surface area (Å²) in [5, 5.41) is 13.0. The number of benzene rings is 1. The number of aliphatic carboxylic acids is 1. The third-order valence-electron chi connectivity index (χ3n) is 5.06. The van der Waals surface area contributed by atoms with Crippen molar-refractivity contribution in [2.75, 3.05) is 26.7 Å². The fourth-order valence-corrected chi connectivity index (χ4v) is 3.46. The van der Waals surface area contributed by atoms with E-state index in [-0.39, 0.29) is 24.3 Å². The minimum Gasteiger partial charge on any atom is -0.480 e. The Labute approximate surface area is 158 Å². The van der Waals surface area contributed by atoms with Gasteiger partial charge in [-0.15, -0.1) is 0 Å². The number of nitrogens with zero attached hydrogens (tertiary/aromatic N) is 3. The van der Waals surface area contributed by atoms with Crippen molar-refractivity contribution in [1.29, 1.82) is 0 Å². The Kier molecular flexibility index (Phi) is 5.91. The standard InChI is InChI=1S/C20H25N3O4/c1-14-5-7-15(8-6-14)17-12-18(27-21-17)20(26)23-10-3-4-16(9-11-23)22(2)13-19(24)25/h5-8,12,16H,3-4,9-11,13H2,1-2H3,(H,24,25). The molecule has 0 radical (unpaired) electrons. The first-order valence-electron chi connectivity index (χ1n) is 9.19. The van der Waals surface area contributed by atoms with Crippen LogP contribution in [0.5, 0.6) is 0 Å². The normalized spacial score (nSPS) is 17.7. The number of carbonyl (C=O) groups excluding carboxylic acids is 1. The molecule has 1 atom stereocenters. The van der Waals surface area contributed by atoms with Crippen LogP contribution in [0, 0.1) is 6.92 Å². The van der Waals surface area contributed by atoms with Crippen molar-refractivity contribution in [1.82, 2.24) is 15.0 Å². The van der Waals surface area contributed by atoms with Crippen molar-refractivity contribution in [2.24, 2.45) is 0 Å². The predicted octanol–water partition coefficient (Wildman–Crippen LogP) is 2.66. The van der Waals surface area contributed by atoms with Gasteiger partial charge in [-0.05, 0) is 33.2 Å². The Balaban J connectivity index is 1.64. The summed E-state index contributed by atoms with van der Waals surface area (Å²) >= 11 is 0. The summed E-state index contributed by atoms with van der Waals surface area (Å²) in [7, 11) is 1.82. The molecule has 2 aromatic rings. The Hall–Kier alpha value is -2.67. The van der Waals surface area contributed by atoms with E-state index in [0.29, 0.717) is 18.8 Å². The highest BCUT2D eigenvalue weighted by Gasteiger charge is 2.26. The highest BCUT2D eigenvalue weighted by atomic mass is 16.5. The molecule has 27 heavy (non-hydrogen) atoms. The first-order valence-corrected chi connectivity index (χ1v) is 9.19. The van der Waals surface area contributed by atoms with E-state index in [0.717, 1.165) is 30.4 Å². The number of likely N-dealkylation sites (N-methyl/N-ethyl adjacent to an activating group) is 1. The van der Waals surface area contributed by atoms with Gasteiger partial charge in [0.05, 0.1) is 6.54 Å². The van der Waals surface area contributed by atoms with Gasteiger partial charge in [0.1, 0.15) is 5.69 Å². The quantitative estimate of drug-likeness (QED) is 0.869. The summed E-state index contributed by atoms with van der Waals surface area (Å²) in [4.78, 5) is 27.3. The molecular weight excluding hydrogens is 346 g/mol. The maximum atomic E-state index is 12.8. The van der Waals surface area contributed by atoms with Crippen LogP contribution in [-0.2, 0) is 4.79 Å². The van der Waals surface area contributed by atoms with Crippen LogP contribution < -0.4 is 0 Å². The minimum atomic E-state index is -0.833. The largest absolute Gasteiger partial charge is 0.480 e. The minimum absolute atomic E-state index is 0.0145. The Morgan fingerprint density at radius 3 is 2.70 bits per heavy atom. The zero-order valence-corrected chi connectivity index (χ0v) is 15.7. The van der Waals surface area contributed by atoms with Crippen LogP contribution in [-0.4, -0.2) is 64.7 Å². The lowest BCUT2D eigenvalue weighted by atomic mass is 10.1. The smallest absolute Gasteiger partial charge is 0.317 e. The van der Waals surface area contributed by atoms with Crippen molar-refractivity contribution in [3.05, 3.63) is 41.7 Å². The molecule has 7 nitrogen and oxygen atoms in total. The van der Waals surface area contributed by atoms with Crippen LogP contribution in [0.25, 0.3) is 11.3 Å². The number of likely N-dealkylation sites (tertiary alicyclic amines) is 1. The maximum absolute atomic E-state index is 12.8. The monoisotopic (exact) mass is 371 g/mol. The van der Waals surface area contributed by atoms with Gasteiger partial charge >= 0.3 is 5.97 Å². The average molecular weight is 371 g/mol. The molecule has 1 unspecified atom stereocenters. The molecule has 1 saturated heterocycles. The second-order valence-electron chi connectivity index (χ2n) is 7.13. The van der Waals surface area contributed by atoms with E-state index in [4.69, 9.17) is 9.63 Å². The van der Waals surface area contributed by atoms with Crippen LogP contribution in [0.15, 0.2) is 34.9 Å². The van der Waals surface area contributed by atoms with E-state index in [1.54, 1.807) is 11.0 Å². The second-order valence-corrected chi connectivity index (χ2v) is 7.13. The fraction of sp³-hybridized carbons (Fsp3) is 0.450. The molecule has 7 heteroatoms. The van der Waals surface area contributed by atoms with Gasteiger partial charge < -0.3 is 14.5 Å². The van der Waals surface area contributed by atoms with Crippen LogP contribution in [0.3, 0.4) is 0 Å². The van der Waals surface area contributed by atoms with Gasteiger partial charge in [0.2, 0.25) is 5.76 Å². The van der Waals surface area contributed by atoms with E-state index in [9.17, 15) is 9.59 Å². The molecule has 1 aliphatic rings. The lowest BCUT2D eigenvalue weighted by molar-refractivity contribution is -0.138. The number of carboxylic acid groups (broad SMARTS) is 1. The second kappa shape index (κ2) is 8.35. The molecule has 1 aliphatic heterocycles. The topological polar surface area (TPSA) is 86.9 Å². The summed E-state index contributed by atoms with van der Waals surface area (Å²) in [5.74, 6) is -0.759. The molecule has 3 rings (SSSR count). The van der Waals surface area contributed by atoms with Gasteiger partial charge in [-0.2, -0.15) is 0 Å². The van der Waals surface area contributed by atoms with Crippen LogP contribution in [0.2, 0.25) is 0 Å². The number of carboxylic acids is 1. The molecule has 1 N–H and O–H groups in total. The summed E-state index contributed by atoms with van der Waals surface area (Å²) in [5.41, 5.74) is 2.72.